The van der Waals surface area contributed by atoms with E-state index < -0.39 is 0 Å². The maximum atomic E-state index is 5.52. The van der Waals surface area contributed by atoms with Crippen molar-refractivity contribution < 1.29 is 14.0 Å². The lowest BCUT2D eigenvalue weighted by Gasteiger charge is -2.09. The van der Waals surface area contributed by atoms with Gasteiger partial charge in [-0.2, -0.15) is 4.98 Å². The van der Waals surface area contributed by atoms with Gasteiger partial charge in [-0.1, -0.05) is 17.8 Å². The first-order valence-electron chi connectivity index (χ1n) is 7.10. The van der Waals surface area contributed by atoms with Crippen LogP contribution in [-0.4, -0.2) is 36.9 Å². The molecule has 1 N–H and O–H groups in total. The molecule has 0 bridgehead atoms. The summed E-state index contributed by atoms with van der Waals surface area (Å²) < 4.78 is 16.2. The molecule has 0 aliphatic carbocycles. The molecular formula is C16H22ClN3O3. The molecule has 0 saturated carbocycles. The molecule has 126 valence electrons. The highest BCUT2D eigenvalue weighted by Gasteiger charge is 2.13. The van der Waals surface area contributed by atoms with E-state index in [0.29, 0.717) is 36.2 Å². The molecule has 1 atom stereocenters. The second-order valence-electron chi connectivity index (χ2n) is 4.87. The van der Waals surface area contributed by atoms with Crippen molar-refractivity contribution >= 4 is 12.4 Å². The van der Waals surface area contributed by atoms with Crippen LogP contribution in [0, 0.1) is 0 Å². The number of benzene rings is 1. The van der Waals surface area contributed by atoms with E-state index in [4.69, 9.17) is 14.0 Å². The monoisotopic (exact) mass is 339 g/mol. The summed E-state index contributed by atoms with van der Waals surface area (Å²) in [6.07, 6.45) is 2.39. The molecule has 0 aliphatic heterocycles. The van der Waals surface area contributed by atoms with Crippen LogP contribution in [0.1, 0.15) is 12.7 Å². The Morgan fingerprint density at radius 1 is 1.39 bits per heavy atom. The molecule has 2 rings (SSSR count). The van der Waals surface area contributed by atoms with Gasteiger partial charge in [-0.15, -0.1) is 12.4 Å². The zero-order valence-corrected chi connectivity index (χ0v) is 14.4. The lowest BCUT2D eigenvalue weighted by atomic mass is 10.2. The van der Waals surface area contributed by atoms with Crippen molar-refractivity contribution in [1.82, 2.24) is 15.5 Å². The number of hydrogen-bond donors (Lipinski definition) is 1. The van der Waals surface area contributed by atoms with Crippen molar-refractivity contribution in [2.24, 2.45) is 0 Å². The van der Waals surface area contributed by atoms with Crippen LogP contribution in [0.4, 0.5) is 0 Å². The molecule has 1 heterocycles. The van der Waals surface area contributed by atoms with E-state index >= 15 is 0 Å². The number of rotatable bonds is 8. The molecular weight excluding hydrogens is 318 g/mol. The van der Waals surface area contributed by atoms with E-state index in [0.717, 1.165) is 5.56 Å². The van der Waals surface area contributed by atoms with Gasteiger partial charge in [0.1, 0.15) is 6.61 Å². The molecule has 0 aliphatic rings. The van der Waals surface area contributed by atoms with Crippen molar-refractivity contribution in [3.8, 4) is 23.0 Å². The van der Waals surface area contributed by atoms with Gasteiger partial charge in [-0.25, -0.2) is 0 Å². The first-order valence-corrected chi connectivity index (χ1v) is 7.10. The maximum absolute atomic E-state index is 5.52. The Morgan fingerprint density at radius 3 is 2.83 bits per heavy atom. The number of hydrogen-bond acceptors (Lipinski definition) is 6. The van der Waals surface area contributed by atoms with Gasteiger partial charge < -0.3 is 19.3 Å². The summed E-state index contributed by atoms with van der Waals surface area (Å²) in [7, 11) is 3.49. The molecule has 6 nitrogen and oxygen atoms in total. The Balaban J connectivity index is 0.00000264. The summed E-state index contributed by atoms with van der Waals surface area (Å²) in [6.45, 7) is 6.10. The standard InChI is InChI=1S/C16H21N3O3.ClH/c1-5-8-21-13-7-6-12(10-14(13)20-4)16-18-15(19-22-16)9-11(2)17-3;/h5-7,10-11,17H,1,8-9H2,2-4H3;1H. The lowest BCUT2D eigenvalue weighted by molar-refractivity contribution is 0.326. The Bertz CT molecular complexity index is 631. The topological polar surface area (TPSA) is 69.4 Å². The predicted molar refractivity (Wildman–Crippen MR) is 91.5 cm³/mol. The van der Waals surface area contributed by atoms with Crippen LogP contribution < -0.4 is 14.8 Å². The van der Waals surface area contributed by atoms with E-state index in [1.165, 1.54) is 0 Å². The van der Waals surface area contributed by atoms with Crippen LogP contribution in [0.15, 0.2) is 35.4 Å². The summed E-state index contributed by atoms with van der Waals surface area (Å²) in [5.74, 6) is 2.40. The summed E-state index contributed by atoms with van der Waals surface area (Å²) in [5, 5.41) is 7.14. The van der Waals surface area contributed by atoms with Crippen molar-refractivity contribution in [3.63, 3.8) is 0 Å². The van der Waals surface area contributed by atoms with Crippen LogP contribution in [0.5, 0.6) is 11.5 Å². The van der Waals surface area contributed by atoms with Crippen LogP contribution >= 0.6 is 12.4 Å². The van der Waals surface area contributed by atoms with Crippen molar-refractivity contribution in [2.45, 2.75) is 19.4 Å². The zero-order chi connectivity index (χ0) is 15.9. The van der Waals surface area contributed by atoms with Gasteiger partial charge in [0.25, 0.3) is 5.89 Å². The number of nitrogens with zero attached hydrogens (tertiary/aromatic N) is 2. The van der Waals surface area contributed by atoms with Gasteiger partial charge in [0.05, 0.1) is 7.11 Å². The van der Waals surface area contributed by atoms with E-state index in [-0.39, 0.29) is 18.4 Å². The van der Waals surface area contributed by atoms with E-state index in [2.05, 4.69) is 29.0 Å². The molecule has 2 aromatic rings. The SMILES string of the molecule is C=CCOc1ccc(-c2nc(CC(C)NC)no2)cc1OC.Cl. The van der Waals surface area contributed by atoms with Crippen molar-refractivity contribution in [2.75, 3.05) is 20.8 Å². The Labute approximate surface area is 142 Å². The van der Waals surface area contributed by atoms with E-state index in [9.17, 15) is 0 Å². The number of methoxy groups -OCH3 is 1. The number of nitrogens with one attached hydrogen (secondary N) is 1. The predicted octanol–water partition coefficient (Wildman–Crippen LogP) is 2.88. The number of aromatic nitrogens is 2. The quantitative estimate of drug-likeness (QED) is 0.746. The van der Waals surface area contributed by atoms with Crippen LogP contribution in [0.25, 0.3) is 11.5 Å². The van der Waals surface area contributed by atoms with Gasteiger partial charge in [-0.3, -0.25) is 0 Å². The molecule has 1 aromatic carbocycles. The van der Waals surface area contributed by atoms with Crippen molar-refractivity contribution in [3.05, 3.63) is 36.7 Å². The Morgan fingerprint density at radius 2 is 2.17 bits per heavy atom. The fourth-order valence-corrected chi connectivity index (χ4v) is 1.90. The minimum Gasteiger partial charge on any atom is -0.493 e. The fourth-order valence-electron chi connectivity index (χ4n) is 1.90. The molecule has 1 aromatic heterocycles. The molecule has 0 saturated heterocycles. The second kappa shape index (κ2) is 9.17. The third kappa shape index (κ3) is 4.97. The second-order valence-corrected chi connectivity index (χ2v) is 4.87. The number of halogens is 1. The highest BCUT2D eigenvalue weighted by molar-refractivity contribution is 5.85. The molecule has 0 spiro atoms. The van der Waals surface area contributed by atoms with E-state index in [1.54, 1.807) is 13.2 Å². The van der Waals surface area contributed by atoms with Gasteiger partial charge in [-0.05, 0) is 32.2 Å². The molecule has 1 unspecified atom stereocenters. The molecule has 23 heavy (non-hydrogen) atoms. The van der Waals surface area contributed by atoms with Crippen LogP contribution in [0.3, 0.4) is 0 Å². The van der Waals surface area contributed by atoms with Crippen LogP contribution in [-0.2, 0) is 6.42 Å². The van der Waals surface area contributed by atoms with E-state index in [1.807, 2.05) is 25.2 Å². The average molecular weight is 340 g/mol. The highest BCUT2D eigenvalue weighted by Crippen LogP contribution is 2.32. The summed E-state index contributed by atoms with van der Waals surface area (Å²) in [4.78, 5) is 4.41. The van der Waals surface area contributed by atoms with Gasteiger partial charge in [0.15, 0.2) is 17.3 Å². The summed E-state index contributed by atoms with van der Waals surface area (Å²) in [6, 6.07) is 5.78. The highest BCUT2D eigenvalue weighted by atomic mass is 35.5. The number of likely N-dealkylation sites (N-methyl/N-ethyl adjacent to an activating group) is 1. The fraction of sp³-hybridized carbons (Fsp3) is 0.375. The minimum absolute atomic E-state index is 0. The first kappa shape index (κ1) is 19.0. The molecule has 0 radical (unpaired) electrons. The Kier molecular flexibility index (Phi) is 7.57. The third-order valence-electron chi connectivity index (χ3n) is 3.22. The van der Waals surface area contributed by atoms with Gasteiger partial charge >= 0.3 is 0 Å². The molecule has 0 amide bonds. The number of ether oxygens (including phenoxy) is 2. The third-order valence-corrected chi connectivity index (χ3v) is 3.22. The maximum Gasteiger partial charge on any atom is 0.258 e. The molecule has 0 fully saturated rings. The van der Waals surface area contributed by atoms with Gasteiger partial charge in [0, 0.05) is 18.0 Å². The van der Waals surface area contributed by atoms with Crippen LogP contribution in [0.2, 0.25) is 0 Å². The molecule has 7 heteroatoms. The first-order chi connectivity index (χ1) is 10.7. The largest absolute Gasteiger partial charge is 0.493 e. The Hall–Kier alpha value is -2.05. The smallest absolute Gasteiger partial charge is 0.258 e. The zero-order valence-electron chi connectivity index (χ0n) is 13.5. The average Bonchev–Trinajstić information content (AvgIpc) is 3.01. The normalized spacial score (nSPS) is 11.4. The summed E-state index contributed by atoms with van der Waals surface area (Å²) >= 11 is 0. The van der Waals surface area contributed by atoms with Gasteiger partial charge in [0.2, 0.25) is 0 Å². The minimum atomic E-state index is 0. The van der Waals surface area contributed by atoms with Crippen molar-refractivity contribution in [1.29, 1.82) is 0 Å². The summed E-state index contributed by atoms with van der Waals surface area (Å²) in [5.41, 5.74) is 0.790. The lowest BCUT2D eigenvalue weighted by Crippen LogP contribution is -2.24.